The van der Waals surface area contributed by atoms with Crippen LogP contribution in [-0.2, 0) is 14.8 Å². The summed E-state index contributed by atoms with van der Waals surface area (Å²) < 4.78 is 38.3. The van der Waals surface area contributed by atoms with E-state index in [0.717, 1.165) is 4.47 Å². The first kappa shape index (κ1) is 24.2. The zero-order valence-corrected chi connectivity index (χ0v) is 20.2. The van der Waals surface area contributed by atoms with Gasteiger partial charge in [-0.3, -0.25) is 9.69 Å². The average molecular weight is 525 g/mol. The molecule has 1 N–H and O–H groups in total. The molecule has 0 aliphatic carbocycles. The van der Waals surface area contributed by atoms with Gasteiger partial charge in [-0.1, -0.05) is 15.9 Å². The SMILES string of the molecule is COc1ccc(OC)c(C=NNC(=O)CN2CCN(S(=O)(=O)c3ccc(Br)cc3)CC2)c1. The minimum absolute atomic E-state index is 0.124. The van der Waals surface area contributed by atoms with Gasteiger partial charge in [-0.25, -0.2) is 13.8 Å². The van der Waals surface area contributed by atoms with Crippen molar-refractivity contribution in [1.82, 2.24) is 14.6 Å². The number of hydrogen-bond acceptors (Lipinski definition) is 7. The Bertz CT molecular complexity index is 1070. The molecule has 172 valence electrons. The molecule has 1 saturated heterocycles. The third kappa shape index (κ3) is 6.06. The van der Waals surface area contributed by atoms with Crippen molar-refractivity contribution in [3.8, 4) is 11.5 Å². The fourth-order valence-corrected chi connectivity index (χ4v) is 4.92. The Labute approximate surface area is 196 Å². The van der Waals surface area contributed by atoms with Crippen molar-refractivity contribution in [3.63, 3.8) is 0 Å². The molecule has 1 heterocycles. The zero-order chi connectivity index (χ0) is 23.1. The number of carbonyl (C=O) groups is 1. The van der Waals surface area contributed by atoms with Gasteiger partial charge in [0.25, 0.3) is 5.91 Å². The number of methoxy groups -OCH3 is 2. The summed E-state index contributed by atoms with van der Waals surface area (Å²) in [5, 5.41) is 4.00. The van der Waals surface area contributed by atoms with Gasteiger partial charge in [-0.2, -0.15) is 9.41 Å². The largest absolute Gasteiger partial charge is 0.497 e. The molecule has 1 fully saturated rings. The summed E-state index contributed by atoms with van der Waals surface area (Å²) in [5.74, 6) is 0.966. The lowest BCUT2D eigenvalue weighted by Gasteiger charge is -2.33. The normalized spacial score (nSPS) is 15.6. The zero-order valence-electron chi connectivity index (χ0n) is 17.8. The van der Waals surface area contributed by atoms with E-state index >= 15 is 0 Å². The van der Waals surface area contributed by atoms with E-state index in [2.05, 4.69) is 26.5 Å². The number of nitrogens with zero attached hydrogens (tertiary/aromatic N) is 3. The number of amides is 1. The van der Waals surface area contributed by atoms with Crippen molar-refractivity contribution in [2.75, 3.05) is 46.9 Å². The molecule has 1 aliphatic rings. The number of hydrogen-bond donors (Lipinski definition) is 1. The highest BCUT2D eigenvalue weighted by molar-refractivity contribution is 9.10. The van der Waals surface area contributed by atoms with Crippen molar-refractivity contribution < 1.29 is 22.7 Å². The first-order chi connectivity index (χ1) is 15.3. The number of piperazine rings is 1. The summed E-state index contributed by atoms with van der Waals surface area (Å²) in [4.78, 5) is 14.4. The number of ether oxygens (including phenoxy) is 2. The summed E-state index contributed by atoms with van der Waals surface area (Å²) in [6.07, 6.45) is 1.49. The minimum atomic E-state index is -3.55. The lowest BCUT2D eigenvalue weighted by molar-refractivity contribution is -0.122. The summed E-state index contributed by atoms with van der Waals surface area (Å²) >= 11 is 3.31. The van der Waals surface area contributed by atoms with Crippen LogP contribution >= 0.6 is 15.9 Å². The van der Waals surface area contributed by atoms with Gasteiger partial charge in [0.2, 0.25) is 10.0 Å². The Hall–Kier alpha value is -2.47. The number of benzene rings is 2. The second kappa shape index (κ2) is 10.9. The van der Waals surface area contributed by atoms with Gasteiger partial charge in [0.05, 0.1) is 31.9 Å². The Morgan fingerprint density at radius 1 is 1.09 bits per heavy atom. The first-order valence-corrected chi connectivity index (χ1v) is 12.1. The summed E-state index contributed by atoms with van der Waals surface area (Å²) in [7, 11) is -0.434. The summed E-state index contributed by atoms with van der Waals surface area (Å²) in [5.41, 5.74) is 3.16. The van der Waals surface area contributed by atoms with E-state index in [0.29, 0.717) is 43.2 Å². The van der Waals surface area contributed by atoms with Gasteiger partial charge < -0.3 is 9.47 Å². The maximum atomic E-state index is 12.8. The molecule has 2 aromatic carbocycles. The third-order valence-electron chi connectivity index (χ3n) is 4.98. The van der Waals surface area contributed by atoms with Crippen LogP contribution in [0.4, 0.5) is 0 Å². The van der Waals surface area contributed by atoms with Crippen LogP contribution in [0.1, 0.15) is 5.56 Å². The van der Waals surface area contributed by atoms with Crippen molar-refractivity contribution in [2.24, 2.45) is 5.10 Å². The van der Waals surface area contributed by atoms with Crippen LogP contribution in [0.2, 0.25) is 0 Å². The van der Waals surface area contributed by atoms with E-state index in [4.69, 9.17) is 9.47 Å². The van der Waals surface area contributed by atoms with Crippen LogP contribution in [0.25, 0.3) is 0 Å². The molecule has 0 radical (unpaired) electrons. The Morgan fingerprint density at radius 3 is 2.41 bits per heavy atom. The molecule has 2 aromatic rings. The second-order valence-corrected chi connectivity index (χ2v) is 9.89. The highest BCUT2D eigenvalue weighted by Crippen LogP contribution is 2.22. The second-order valence-electron chi connectivity index (χ2n) is 7.04. The Kier molecular flexibility index (Phi) is 8.24. The van der Waals surface area contributed by atoms with Crippen molar-refractivity contribution in [2.45, 2.75) is 4.90 Å². The number of hydrazone groups is 1. The lowest BCUT2D eigenvalue weighted by atomic mass is 10.2. The number of rotatable bonds is 8. The summed E-state index contributed by atoms with van der Waals surface area (Å²) in [6.45, 7) is 1.66. The van der Waals surface area contributed by atoms with E-state index in [1.807, 2.05) is 4.90 Å². The van der Waals surface area contributed by atoms with Gasteiger partial charge in [0, 0.05) is 36.2 Å². The monoisotopic (exact) mass is 524 g/mol. The van der Waals surface area contributed by atoms with Gasteiger partial charge in [-0.05, 0) is 42.5 Å². The van der Waals surface area contributed by atoms with Crippen LogP contribution in [0.5, 0.6) is 11.5 Å². The molecule has 0 spiro atoms. The topological polar surface area (TPSA) is 101 Å². The van der Waals surface area contributed by atoms with Gasteiger partial charge in [0.15, 0.2) is 0 Å². The molecule has 1 amide bonds. The fourth-order valence-electron chi connectivity index (χ4n) is 3.24. The van der Waals surface area contributed by atoms with Crippen LogP contribution in [0.15, 0.2) is 56.9 Å². The van der Waals surface area contributed by atoms with Crippen LogP contribution in [0, 0.1) is 0 Å². The molecule has 32 heavy (non-hydrogen) atoms. The maximum absolute atomic E-state index is 12.8. The first-order valence-electron chi connectivity index (χ1n) is 9.85. The number of nitrogens with one attached hydrogen (secondary N) is 1. The molecule has 0 aromatic heterocycles. The molecule has 0 saturated carbocycles. The van der Waals surface area contributed by atoms with E-state index in [1.54, 1.807) is 56.7 Å². The highest BCUT2D eigenvalue weighted by Gasteiger charge is 2.28. The third-order valence-corrected chi connectivity index (χ3v) is 7.42. The smallest absolute Gasteiger partial charge is 0.254 e. The Balaban J connectivity index is 1.50. The van der Waals surface area contributed by atoms with Gasteiger partial charge in [0.1, 0.15) is 11.5 Å². The van der Waals surface area contributed by atoms with Crippen molar-refractivity contribution >= 4 is 38.1 Å². The maximum Gasteiger partial charge on any atom is 0.254 e. The van der Waals surface area contributed by atoms with Gasteiger partial charge in [-0.15, -0.1) is 0 Å². The lowest BCUT2D eigenvalue weighted by Crippen LogP contribution is -2.50. The molecular formula is C21H25BrN4O5S. The van der Waals surface area contributed by atoms with E-state index < -0.39 is 10.0 Å². The van der Waals surface area contributed by atoms with E-state index in [-0.39, 0.29) is 17.3 Å². The number of carbonyl (C=O) groups excluding carboxylic acids is 1. The van der Waals surface area contributed by atoms with Crippen molar-refractivity contribution in [1.29, 1.82) is 0 Å². The molecular weight excluding hydrogens is 500 g/mol. The molecule has 9 nitrogen and oxygen atoms in total. The number of halogens is 1. The standard InChI is InChI=1S/C21H25BrN4O5S/c1-30-18-5-8-20(31-2)16(13-18)14-23-24-21(27)15-25-9-11-26(12-10-25)32(28,29)19-6-3-17(22)4-7-19/h3-8,13-14H,9-12,15H2,1-2H3,(H,24,27). The molecule has 0 unspecified atom stereocenters. The van der Waals surface area contributed by atoms with Crippen LogP contribution in [0.3, 0.4) is 0 Å². The molecule has 3 rings (SSSR count). The van der Waals surface area contributed by atoms with Crippen LogP contribution in [-0.4, -0.2) is 76.7 Å². The van der Waals surface area contributed by atoms with Crippen LogP contribution < -0.4 is 14.9 Å². The van der Waals surface area contributed by atoms with E-state index in [9.17, 15) is 13.2 Å². The molecule has 0 atom stereocenters. The number of sulfonamides is 1. The quantitative estimate of drug-likeness (QED) is 0.418. The van der Waals surface area contributed by atoms with Crippen molar-refractivity contribution in [3.05, 3.63) is 52.5 Å². The Morgan fingerprint density at radius 2 is 1.78 bits per heavy atom. The average Bonchev–Trinajstić information content (AvgIpc) is 2.79. The minimum Gasteiger partial charge on any atom is -0.497 e. The summed E-state index contributed by atoms with van der Waals surface area (Å²) in [6, 6.07) is 11.8. The molecule has 0 bridgehead atoms. The molecule has 1 aliphatic heterocycles. The van der Waals surface area contributed by atoms with E-state index in [1.165, 1.54) is 10.5 Å². The fraction of sp³-hybridized carbons (Fsp3) is 0.333. The highest BCUT2D eigenvalue weighted by atomic mass is 79.9. The predicted octanol–water partition coefficient (Wildman–Crippen LogP) is 1.92. The predicted molar refractivity (Wildman–Crippen MR) is 125 cm³/mol. The van der Waals surface area contributed by atoms with Gasteiger partial charge >= 0.3 is 0 Å². The molecule has 11 heteroatoms.